The maximum atomic E-state index is 12.4. The van der Waals surface area contributed by atoms with Crippen molar-refractivity contribution in [2.45, 2.75) is 55.4 Å². The van der Waals surface area contributed by atoms with Crippen molar-refractivity contribution >= 4 is 21.5 Å². The van der Waals surface area contributed by atoms with Crippen LogP contribution in [-0.4, -0.2) is 107 Å². The third-order valence-electron chi connectivity index (χ3n) is 5.14. The van der Waals surface area contributed by atoms with Gasteiger partial charge in [-0.3, -0.25) is 13.6 Å². The lowest BCUT2D eigenvalue weighted by atomic mass is 9.99. The zero-order valence-corrected chi connectivity index (χ0v) is 20.8. The molecule has 19 nitrogen and oxygen atoms in total. The average molecular weight is 589 g/mol. The summed E-state index contributed by atoms with van der Waals surface area (Å²) in [6.45, 7) is -0.669. The Balaban J connectivity index is 1.66. The van der Waals surface area contributed by atoms with Gasteiger partial charge in [-0.05, 0) is 6.07 Å². The summed E-state index contributed by atoms with van der Waals surface area (Å²) in [5.74, 6) is 1.95. The van der Waals surface area contributed by atoms with Gasteiger partial charge in [0.1, 0.15) is 49.0 Å². The lowest BCUT2D eigenvalue weighted by Crippen LogP contribution is -2.59. The largest absolute Gasteiger partial charge is 0.483 e. The van der Waals surface area contributed by atoms with E-state index in [1.165, 1.54) is 0 Å². The number of anilines is 1. The topological polar surface area (TPSA) is 292 Å². The minimum atomic E-state index is -5.67. The van der Waals surface area contributed by atoms with Crippen LogP contribution < -0.4 is 11.4 Å². The predicted octanol–water partition coefficient (Wildman–Crippen LogP) is -3.89. The van der Waals surface area contributed by atoms with Crippen molar-refractivity contribution in [3.63, 3.8) is 0 Å². The van der Waals surface area contributed by atoms with Gasteiger partial charge < -0.3 is 55.3 Å². The quantitative estimate of drug-likeness (QED) is 0.0735. The standard InChI is InChI=1S/C17H25N3O16P2/c1-2-5-31-6-7-9(21)10(22)12(24)15(32-7)34-37(27,28)36-38(29,30)35-16-13(25)11(23)14(33-16)20-4-3-8(18)19-17(20)26/h1,3-4,7,9-16,21-25H,5-6H2,(H,27,28)(H,29,30)(H2,18,19,26)/t7?,9-,10-,11?,12?,13+,14+,15?,16+/m0/s1. The molecule has 2 fully saturated rings. The van der Waals surface area contributed by atoms with Crippen LogP contribution in [-0.2, 0) is 36.7 Å². The van der Waals surface area contributed by atoms with Crippen LogP contribution in [0.3, 0.4) is 0 Å². The molecule has 1 aromatic rings. The molecule has 0 bridgehead atoms. The van der Waals surface area contributed by atoms with E-state index < -0.39 is 83.4 Å². The van der Waals surface area contributed by atoms with Gasteiger partial charge in [0.2, 0.25) is 0 Å². The Bertz CT molecular complexity index is 1180. The number of nitrogens with zero attached hydrogens (tertiary/aromatic N) is 2. The Kier molecular flexibility index (Phi) is 9.82. The molecule has 0 radical (unpaired) electrons. The third kappa shape index (κ3) is 7.22. The molecule has 38 heavy (non-hydrogen) atoms. The maximum absolute atomic E-state index is 12.4. The molecule has 21 heteroatoms. The lowest BCUT2D eigenvalue weighted by Gasteiger charge is -2.40. The van der Waals surface area contributed by atoms with Gasteiger partial charge >= 0.3 is 21.3 Å². The van der Waals surface area contributed by atoms with E-state index in [2.05, 4.69) is 24.3 Å². The normalized spacial score (nSPS) is 36.7. The summed E-state index contributed by atoms with van der Waals surface area (Å²) in [5, 5.41) is 50.3. The van der Waals surface area contributed by atoms with Crippen LogP contribution >= 0.6 is 15.6 Å². The Morgan fingerprint density at radius 2 is 1.58 bits per heavy atom. The van der Waals surface area contributed by atoms with Crippen molar-refractivity contribution in [2.75, 3.05) is 18.9 Å². The summed E-state index contributed by atoms with van der Waals surface area (Å²) in [4.78, 5) is 35.3. The molecule has 3 rings (SSSR count). The van der Waals surface area contributed by atoms with Crippen molar-refractivity contribution in [1.29, 1.82) is 0 Å². The fourth-order valence-corrected chi connectivity index (χ4v) is 5.60. The first-order valence-corrected chi connectivity index (χ1v) is 13.5. The summed E-state index contributed by atoms with van der Waals surface area (Å²) >= 11 is 0. The number of aromatic nitrogens is 2. The minimum absolute atomic E-state index is 0.167. The van der Waals surface area contributed by atoms with E-state index in [1.54, 1.807) is 0 Å². The second-order valence-electron chi connectivity index (χ2n) is 7.88. The number of nitrogen functional groups attached to an aromatic ring is 1. The molecule has 0 amide bonds. The van der Waals surface area contributed by atoms with Gasteiger partial charge in [-0.25, -0.2) is 13.9 Å². The molecule has 2 aliphatic rings. The van der Waals surface area contributed by atoms with Gasteiger partial charge in [0.05, 0.1) is 6.61 Å². The highest BCUT2D eigenvalue weighted by Gasteiger charge is 2.51. The van der Waals surface area contributed by atoms with Crippen LogP contribution in [0.25, 0.3) is 0 Å². The van der Waals surface area contributed by atoms with Gasteiger partial charge in [-0.15, -0.1) is 6.42 Å². The van der Waals surface area contributed by atoms with Crippen LogP contribution in [0, 0.1) is 12.3 Å². The highest BCUT2D eigenvalue weighted by atomic mass is 31.3. The Hall–Kier alpha value is -1.82. The van der Waals surface area contributed by atoms with E-state index in [0.717, 1.165) is 12.3 Å². The zero-order chi connectivity index (χ0) is 28.4. The molecule has 0 spiro atoms. The molecule has 11 atom stereocenters. The summed E-state index contributed by atoms with van der Waals surface area (Å²) in [5.41, 5.74) is 4.35. The number of aliphatic hydroxyl groups excluding tert-OH is 5. The first-order valence-electron chi connectivity index (χ1n) is 10.5. The molecule has 2 aliphatic heterocycles. The second-order valence-corrected chi connectivity index (χ2v) is 10.8. The molecular formula is C17H25N3O16P2. The number of rotatable bonds is 10. The second kappa shape index (κ2) is 12.1. The van der Waals surface area contributed by atoms with E-state index in [9.17, 15) is 49.2 Å². The van der Waals surface area contributed by atoms with Crippen LogP contribution in [0.4, 0.5) is 5.82 Å². The SMILES string of the molecule is C#CCOCC1OC(OP(=O)(O)OP(=O)(O)O[C@H]2O[C@@H](n3ccc(N)nc3=O)C(O)[C@H]2O)C(O)[C@@H](O)[C@H]1O. The lowest BCUT2D eigenvalue weighted by molar-refractivity contribution is -0.282. The van der Waals surface area contributed by atoms with Gasteiger partial charge in [0.15, 0.2) is 18.8 Å². The minimum Gasteiger partial charge on any atom is -0.387 e. The van der Waals surface area contributed by atoms with Crippen molar-refractivity contribution in [2.24, 2.45) is 0 Å². The Morgan fingerprint density at radius 3 is 2.16 bits per heavy atom. The summed E-state index contributed by atoms with van der Waals surface area (Å²) in [6.07, 6.45) is -11.2. The Morgan fingerprint density at radius 1 is 1.00 bits per heavy atom. The van der Waals surface area contributed by atoms with Crippen LogP contribution in [0.15, 0.2) is 17.1 Å². The first-order chi connectivity index (χ1) is 17.7. The van der Waals surface area contributed by atoms with E-state index in [4.69, 9.17) is 26.4 Å². The molecule has 1 aromatic heterocycles. The summed E-state index contributed by atoms with van der Waals surface area (Å²) < 4.78 is 53.7. The van der Waals surface area contributed by atoms with E-state index in [0.29, 0.717) is 4.57 Å². The van der Waals surface area contributed by atoms with Crippen LogP contribution in [0.1, 0.15) is 6.23 Å². The van der Waals surface area contributed by atoms with Crippen LogP contribution in [0.2, 0.25) is 0 Å². The molecule has 9 N–H and O–H groups in total. The molecule has 0 aromatic carbocycles. The third-order valence-corrected chi connectivity index (χ3v) is 7.74. The molecule has 214 valence electrons. The van der Waals surface area contributed by atoms with Crippen molar-refractivity contribution in [1.82, 2.24) is 9.55 Å². The zero-order valence-electron chi connectivity index (χ0n) is 19.0. The number of phosphoric ester groups is 2. The van der Waals surface area contributed by atoms with Crippen molar-refractivity contribution < 1.29 is 72.0 Å². The van der Waals surface area contributed by atoms with Gasteiger partial charge in [-0.1, -0.05) is 5.92 Å². The molecule has 0 aliphatic carbocycles. The number of terminal acetylenes is 1. The highest BCUT2D eigenvalue weighted by molar-refractivity contribution is 7.61. The number of ether oxygens (including phenoxy) is 3. The van der Waals surface area contributed by atoms with Crippen molar-refractivity contribution in [3.05, 3.63) is 22.7 Å². The monoisotopic (exact) mass is 589 g/mol. The number of hydrogen-bond donors (Lipinski definition) is 8. The fourth-order valence-electron chi connectivity index (χ4n) is 3.37. The smallest absolute Gasteiger partial charge is 0.387 e. The molecule has 6 unspecified atom stereocenters. The van der Waals surface area contributed by atoms with E-state index in [1.807, 2.05) is 0 Å². The molecule has 0 saturated carbocycles. The van der Waals surface area contributed by atoms with E-state index in [-0.39, 0.29) is 12.4 Å². The average Bonchev–Trinajstić information content (AvgIpc) is 3.07. The fraction of sp³-hybridized carbons (Fsp3) is 0.647. The van der Waals surface area contributed by atoms with Gasteiger partial charge in [-0.2, -0.15) is 9.29 Å². The number of aliphatic hydroxyl groups is 5. The first kappa shape index (κ1) is 30.7. The maximum Gasteiger partial charge on any atom is 0.483 e. The Labute approximate surface area is 213 Å². The van der Waals surface area contributed by atoms with Gasteiger partial charge in [0, 0.05) is 6.20 Å². The molecule has 3 heterocycles. The molecular weight excluding hydrogens is 564 g/mol. The summed E-state index contributed by atoms with van der Waals surface area (Å²) in [7, 11) is -11.3. The van der Waals surface area contributed by atoms with Crippen LogP contribution in [0.5, 0.6) is 0 Å². The van der Waals surface area contributed by atoms with Gasteiger partial charge in [0.25, 0.3) is 0 Å². The number of hydrogen-bond acceptors (Lipinski definition) is 16. The summed E-state index contributed by atoms with van der Waals surface area (Å²) in [6, 6.07) is 1.15. The number of nitrogens with two attached hydrogens (primary N) is 1. The van der Waals surface area contributed by atoms with E-state index >= 15 is 0 Å². The highest BCUT2D eigenvalue weighted by Crippen LogP contribution is 2.62. The number of phosphoric acid groups is 2. The molecule has 2 saturated heterocycles. The predicted molar refractivity (Wildman–Crippen MR) is 118 cm³/mol. The van der Waals surface area contributed by atoms with Crippen molar-refractivity contribution in [3.8, 4) is 12.3 Å².